The van der Waals surface area contributed by atoms with Crippen molar-refractivity contribution in [2.45, 2.75) is 38.8 Å². The fourth-order valence-electron chi connectivity index (χ4n) is 1.52. The molecule has 1 heterocycles. The molecule has 0 fully saturated rings. The molecule has 0 unspecified atom stereocenters. The van der Waals surface area contributed by atoms with Crippen LogP contribution in [0.25, 0.3) is 0 Å². The molecule has 8 nitrogen and oxygen atoms in total. The van der Waals surface area contributed by atoms with E-state index < -0.39 is 17.5 Å². The Kier molecular flexibility index (Phi) is 4.64. The highest BCUT2D eigenvalue weighted by Gasteiger charge is 2.36. The van der Waals surface area contributed by atoms with Crippen LogP contribution in [-0.4, -0.2) is 37.8 Å². The summed E-state index contributed by atoms with van der Waals surface area (Å²) in [4.78, 5) is 26.6. The van der Waals surface area contributed by atoms with Crippen LogP contribution in [0.4, 0.5) is 4.79 Å². The second kappa shape index (κ2) is 5.99. The van der Waals surface area contributed by atoms with Gasteiger partial charge in [-0.1, -0.05) is 13.8 Å². The van der Waals surface area contributed by atoms with E-state index in [0.717, 1.165) is 0 Å². The Morgan fingerprint density at radius 3 is 2.56 bits per heavy atom. The number of carbonyl (C=O) groups is 2. The molecule has 1 rings (SSSR count). The Morgan fingerprint density at radius 2 is 2.11 bits per heavy atom. The number of carbonyl (C=O) groups excluding carboxylic acids is 1. The fraction of sp³-hybridized carbons (Fsp3) is 0.600. The number of aromatic nitrogens is 3. The van der Waals surface area contributed by atoms with Crippen molar-refractivity contribution in [2.24, 2.45) is 0 Å². The van der Waals surface area contributed by atoms with Crippen molar-refractivity contribution in [1.29, 1.82) is 0 Å². The molecule has 0 aliphatic heterocycles. The van der Waals surface area contributed by atoms with Gasteiger partial charge in [0.1, 0.15) is 17.7 Å². The maximum absolute atomic E-state index is 11.6. The fourth-order valence-corrected chi connectivity index (χ4v) is 1.52. The predicted molar refractivity (Wildman–Crippen MR) is 62.7 cm³/mol. The lowest BCUT2D eigenvalue weighted by atomic mass is 9.93. The van der Waals surface area contributed by atoms with E-state index in [1.54, 1.807) is 13.8 Å². The number of nitrogens with zero attached hydrogens (tertiary/aromatic N) is 2. The Hall–Kier alpha value is -2.12. The Bertz CT molecular complexity index is 400. The number of aliphatic carboxylic acids is 1. The zero-order valence-electron chi connectivity index (χ0n) is 10.4. The third-order valence-electron chi connectivity index (χ3n) is 2.85. The normalized spacial score (nSPS) is 11.0. The van der Waals surface area contributed by atoms with Crippen LogP contribution in [0.5, 0.6) is 0 Å². The minimum atomic E-state index is -1.23. The highest BCUT2D eigenvalue weighted by atomic mass is 16.4. The van der Waals surface area contributed by atoms with Gasteiger partial charge in [-0.2, -0.15) is 5.10 Å². The zero-order valence-corrected chi connectivity index (χ0v) is 10.4. The summed E-state index contributed by atoms with van der Waals surface area (Å²) < 4.78 is 0. The van der Waals surface area contributed by atoms with E-state index in [2.05, 4.69) is 25.8 Å². The van der Waals surface area contributed by atoms with Crippen molar-refractivity contribution in [3.05, 3.63) is 12.2 Å². The number of carboxylic acid groups (broad SMARTS) is 1. The Morgan fingerprint density at radius 1 is 1.44 bits per heavy atom. The van der Waals surface area contributed by atoms with Gasteiger partial charge in [-0.25, -0.2) is 14.6 Å². The van der Waals surface area contributed by atoms with Gasteiger partial charge in [0.15, 0.2) is 0 Å². The first-order valence-electron chi connectivity index (χ1n) is 5.67. The first-order valence-corrected chi connectivity index (χ1v) is 5.67. The van der Waals surface area contributed by atoms with E-state index in [-0.39, 0.29) is 6.54 Å². The highest BCUT2D eigenvalue weighted by molar-refractivity contribution is 5.86. The van der Waals surface area contributed by atoms with Gasteiger partial charge in [-0.3, -0.25) is 5.10 Å². The molecule has 0 saturated heterocycles. The smallest absolute Gasteiger partial charge is 0.329 e. The first-order chi connectivity index (χ1) is 8.54. The maximum Gasteiger partial charge on any atom is 0.329 e. The van der Waals surface area contributed by atoms with Crippen LogP contribution in [0, 0.1) is 0 Å². The molecule has 2 amide bonds. The molecule has 0 bridgehead atoms. The summed E-state index contributed by atoms with van der Waals surface area (Å²) in [6.45, 7) is 3.59. The molecule has 8 heteroatoms. The predicted octanol–water partition coefficient (Wildman–Crippen LogP) is 0.247. The molecule has 1 aromatic rings. The van der Waals surface area contributed by atoms with Gasteiger partial charge in [0.2, 0.25) is 0 Å². The van der Waals surface area contributed by atoms with E-state index in [4.69, 9.17) is 5.11 Å². The van der Waals surface area contributed by atoms with E-state index in [1.807, 2.05) is 0 Å². The Labute approximate surface area is 104 Å². The average Bonchev–Trinajstić information content (AvgIpc) is 2.86. The summed E-state index contributed by atoms with van der Waals surface area (Å²) in [7, 11) is 0. The lowest BCUT2D eigenvalue weighted by Crippen LogP contribution is -2.56. The summed E-state index contributed by atoms with van der Waals surface area (Å²) in [6.07, 6.45) is 1.96. The highest BCUT2D eigenvalue weighted by Crippen LogP contribution is 2.15. The van der Waals surface area contributed by atoms with Crippen molar-refractivity contribution in [3.63, 3.8) is 0 Å². The van der Waals surface area contributed by atoms with Crippen LogP contribution in [0.2, 0.25) is 0 Å². The molecular formula is C10H17N5O3. The molecular weight excluding hydrogens is 238 g/mol. The number of aromatic amines is 1. The number of urea groups is 1. The second-order valence-corrected chi connectivity index (χ2v) is 3.83. The first kappa shape index (κ1) is 13.9. The zero-order chi connectivity index (χ0) is 13.6. The van der Waals surface area contributed by atoms with Crippen LogP contribution in [0.3, 0.4) is 0 Å². The molecule has 0 saturated carbocycles. The minimum Gasteiger partial charge on any atom is -0.480 e. The largest absolute Gasteiger partial charge is 0.480 e. The number of rotatable bonds is 6. The van der Waals surface area contributed by atoms with Crippen molar-refractivity contribution in [1.82, 2.24) is 25.8 Å². The molecule has 1 aromatic heterocycles. The van der Waals surface area contributed by atoms with Gasteiger partial charge in [0.05, 0.1) is 6.54 Å². The van der Waals surface area contributed by atoms with Gasteiger partial charge in [-0.15, -0.1) is 0 Å². The number of hydrogen-bond donors (Lipinski definition) is 4. The topological polar surface area (TPSA) is 120 Å². The van der Waals surface area contributed by atoms with Crippen LogP contribution in [-0.2, 0) is 11.3 Å². The summed E-state index contributed by atoms with van der Waals surface area (Å²) >= 11 is 0. The van der Waals surface area contributed by atoms with Crippen molar-refractivity contribution in [3.8, 4) is 0 Å². The standard InChI is InChI=1S/C10H17N5O3/c1-3-10(4-2,8(16)17)14-9(18)11-5-7-12-6-13-15-7/h6H,3-5H2,1-2H3,(H,16,17)(H2,11,14,18)(H,12,13,15). The monoisotopic (exact) mass is 255 g/mol. The third kappa shape index (κ3) is 3.19. The molecule has 0 atom stereocenters. The lowest BCUT2D eigenvalue weighted by molar-refractivity contribution is -0.144. The molecule has 18 heavy (non-hydrogen) atoms. The molecule has 4 N–H and O–H groups in total. The summed E-state index contributed by atoms with van der Waals surface area (Å²) in [5.74, 6) is -0.540. The molecule has 100 valence electrons. The number of carboxylic acids is 1. The van der Waals surface area contributed by atoms with Crippen molar-refractivity contribution in [2.75, 3.05) is 0 Å². The van der Waals surface area contributed by atoms with Crippen LogP contribution in [0.15, 0.2) is 6.33 Å². The molecule has 0 aromatic carbocycles. The van der Waals surface area contributed by atoms with Gasteiger partial charge < -0.3 is 15.7 Å². The van der Waals surface area contributed by atoms with E-state index in [1.165, 1.54) is 6.33 Å². The molecule has 0 spiro atoms. The summed E-state index contributed by atoms with van der Waals surface area (Å²) in [5, 5.41) is 20.4. The number of H-pyrrole nitrogens is 1. The lowest BCUT2D eigenvalue weighted by Gasteiger charge is -2.27. The van der Waals surface area contributed by atoms with E-state index in [0.29, 0.717) is 18.7 Å². The minimum absolute atomic E-state index is 0.162. The molecule has 0 aliphatic carbocycles. The maximum atomic E-state index is 11.6. The Balaban J connectivity index is 2.54. The van der Waals surface area contributed by atoms with Crippen LogP contribution >= 0.6 is 0 Å². The van der Waals surface area contributed by atoms with Crippen molar-refractivity contribution < 1.29 is 14.7 Å². The van der Waals surface area contributed by atoms with Gasteiger partial charge in [-0.05, 0) is 12.8 Å². The van der Waals surface area contributed by atoms with Crippen LogP contribution in [0.1, 0.15) is 32.5 Å². The van der Waals surface area contributed by atoms with E-state index in [9.17, 15) is 9.59 Å². The van der Waals surface area contributed by atoms with Gasteiger partial charge in [0.25, 0.3) is 0 Å². The number of amides is 2. The van der Waals surface area contributed by atoms with Crippen molar-refractivity contribution >= 4 is 12.0 Å². The van der Waals surface area contributed by atoms with Crippen LogP contribution < -0.4 is 10.6 Å². The average molecular weight is 255 g/mol. The summed E-state index contributed by atoms with van der Waals surface area (Å²) in [6, 6.07) is -0.544. The SMILES string of the molecule is CCC(CC)(NC(=O)NCc1ncn[nH]1)C(=O)O. The number of hydrogen-bond acceptors (Lipinski definition) is 4. The summed E-state index contributed by atoms with van der Waals surface area (Å²) in [5.41, 5.74) is -1.23. The third-order valence-corrected chi connectivity index (χ3v) is 2.85. The number of nitrogens with one attached hydrogen (secondary N) is 3. The van der Waals surface area contributed by atoms with Gasteiger partial charge >= 0.3 is 12.0 Å². The molecule has 0 aliphatic rings. The molecule has 0 radical (unpaired) electrons. The second-order valence-electron chi connectivity index (χ2n) is 3.83. The van der Waals surface area contributed by atoms with Gasteiger partial charge in [0, 0.05) is 0 Å². The quantitative estimate of drug-likeness (QED) is 0.580. The van der Waals surface area contributed by atoms with E-state index >= 15 is 0 Å².